The molecule has 1 fully saturated rings. The number of esters is 1. The van der Waals surface area contributed by atoms with Crippen LogP contribution in [-0.4, -0.2) is 72.9 Å². The SMILES string of the molecule is COC(=O)C(C)(C)CN1CCN(CC(C)(C)O)CC1. The molecule has 0 spiro atoms. The molecular formula is C14H28N2O3. The fraction of sp³-hybridized carbons (Fsp3) is 0.929. The van der Waals surface area contributed by atoms with E-state index in [1.54, 1.807) is 0 Å². The predicted molar refractivity (Wildman–Crippen MR) is 75.0 cm³/mol. The average molecular weight is 272 g/mol. The van der Waals surface area contributed by atoms with E-state index < -0.39 is 11.0 Å². The lowest BCUT2D eigenvalue weighted by Crippen LogP contribution is -2.53. The molecule has 5 nitrogen and oxygen atoms in total. The molecular weight excluding hydrogens is 244 g/mol. The van der Waals surface area contributed by atoms with Crippen molar-refractivity contribution >= 4 is 5.97 Å². The Labute approximate surface area is 116 Å². The van der Waals surface area contributed by atoms with Crippen molar-refractivity contribution in [2.45, 2.75) is 33.3 Å². The Bertz CT molecular complexity index is 302. The van der Waals surface area contributed by atoms with Gasteiger partial charge in [0.2, 0.25) is 0 Å². The van der Waals surface area contributed by atoms with E-state index in [0.29, 0.717) is 6.54 Å². The van der Waals surface area contributed by atoms with Crippen LogP contribution in [0.5, 0.6) is 0 Å². The van der Waals surface area contributed by atoms with Gasteiger partial charge in [0.1, 0.15) is 0 Å². The number of piperazine rings is 1. The average Bonchev–Trinajstić information content (AvgIpc) is 2.28. The standard InChI is InChI=1S/C14H28N2O3/c1-13(2,12(17)19-5)10-15-6-8-16(9-7-15)11-14(3,4)18/h18H,6-11H2,1-5H3. The van der Waals surface area contributed by atoms with E-state index in [4.69, 9.17) is 4.74 Å². The van der Waals surface area contributed by atoms with Crippen LogP contribution in [0.15, 0.2) is 0 Å². The first kappa shape index (κ1) is 16.4. The minimum Gasteiger partial charge on any atom is -0.469 e. The van der Waals surface area contributed by atoms with E-state index in [1.165, 1.54) is 7.11 Å². The molecule has 1 aliphatic heterocycles. The van der Waals surface area contributed by atoms with Crippen LogP contribution >= 0.6 is 0 Å². The molecule has 0 saturated carbocycles. The maximum atomic E-state index is 11.7. The summed E-state index contributed by atoms with van der Waals surface area (Å²) in [5, 5.41) is 9.81. The molecule has 1 saturated heterocycles. The van der Waals surface area contributed by atoms with Crippen molar-refractivity contribution in [1.29, 1.82) is 0 Å². The van der Waals surface area contributed by atoms with Crippen molar-refractivity contribution in [3.8, 4) is 0 Å². The van der Waals surface area contributed by atoms with Crippen molar-refractivity contribution < 1.29 is 14.6 Å². The summed E-state index contributed by atoms with van der Waals surface area (Å²) < 4.78 is 4.83. The minimum atomic E-state index is -0.645. The topological polar surface area (TPSA) is 53.0 Å². The van der Waals surface area contributed by atoms with E-state index in [0.717, 1.165) is 32.7 Å². The normalized spacial score (nSPS) is 19.5. The van der Waals surface area contributed by atoms with Gasteiger partial charge < -0.3 is 9.84 Å². The maximum Gasteiger partial charge on any atom is 0.312 e. The zero-order valence-corrected chi connectivity index (χ0v) is 12.9. The number of nitrogens with zero attached hydrogens (tertiary/aromatic N) is 2. The van der Waals surface area contributed by atoms with Gasteiger partial charge in [-0.25, -0.2) is 0 Å². The molecule has 1 N–H and O–H groups in total. The number of carbonyl (C=O) groups is 1. The quantitative estimate of drug-likeness (QED) is 0.742. The van der Waals surface area contributed by atoms with Crippen molar-refractivity contribution in [3.63, 3.8) is 0 Å². The molecule has 0 radical (unpaired) electrons. The van der Waals surface area contributed by atoms with Gasteiger partial charge in [-0.05, 0) is 27.7 Å². The number of methoxy groups -OCH3 is 1. The number of rotatable bonds is 5. The molecule has 1 aliphatic rings. The van der Waals surface area contributed by atoms with Crippen molar-refractivity contribution in [1.82, 2.24) is 9.80 Å². The van der Waals surface area contributed by atoms with Crippen LogP contribution in [0.2, 0.25) is 0 Å². The van der Waals surface area contributed by atoms with Gasteiger partial charge in [0.15, 0.2) is 0 Å². The highest BCUT2D eigenvalue weighted by atomic mass is 16.5. The van der Waals surface area contributed by atoms with Crippen molar-refractivity contribution in [3.05, 3.63) is 0 Å². The third-order valence-electron chi connectivity index (χ3n) is 3.43. The summed E-state index contributed by atoms with van der Waals surface area (Å²) >= 11 is 0. The summed E-state index contributed by atoms with van der Waals surface area (Å²) in [6, 6.07) is 0. The van der Waals surface area contributed by atoms with Crippen molar-refractivity contribution in [2.24, 2.45) is 5.41 Å². The molecule has 0 aromatic rings. The highest BCUT2D eigenvalue weighted by Crippen LogP contribution is 2.20. The maximum absolute atomic E-state index is 11.7. The summed E-state index contributed by atoms with van der Waals surface area (Å²) in [5.41, 5.74) is -1.11. The second kappa shape index (κ2) is 6.20. The zero-order chi connectivity index (χ0) is 14.7. The second-order valence-electron chi connectivity index (χ2n) is 6.74. The summed E-state index contributed by atoms with van der Waals surface area (Å²) in [5.74, 6) is -0.161. The van der Waals surface area contributed by atoms with E-state index in [2.05, 4.69) is 9.80 Å². The molecule has 0 aliphatic carbocycles. The molecule has 112 valence electrons. The Morgan fingerprint density at radius 2 is 1.47 bits per heavy atom. The van der Waals surface area contributed by atoms with Gasteiger partial charge >= 0.3 is 5.97 Å². The molecule has 0 aromatic carbocycles. The first-order valence-corrected chi connectivity index (χ1v) is 6.89. The third kappa shape index (κ3) is 5.47. The Kier molecular flexibility index (Phi) is 5.35. The van der Waals surface area contributed by atoms with Crippen LogP contribution in [0.1, 0.15) is 27.7 Å². The van der Waals surface area contributed by atoms with Gasteiger partial charge in [-0.2, -0.15) is 0 Å². The molecule has 1 heterocycles. The van der Waals surface area contributed by atoms with E-state index in [-0.39, 0.29) is 5.97 Å². The molecule has 19 heavy (non-hydrogen) atoms. The number of β-amino-alcohol motifs (C(OH)–C–C–N with tert-alkyl or cyclic N) is 1. The van der Waals surface area contributed by atoms with Gasteiger partial charge in [-0.15, -0.1) is 0 Å². The van der Waals surface area contributed by atoms with Gasteiger partial charge in [-0.1, -0.05) is 0 Å². The Morgan fingerprint density at radius 3 is 1.84 bits per heavy atom. The van der Waals surface area contributed by atoms with Crippen LogP contribution < -0.4 is 0 Å². The number of hydrogen-bond donors (Lipinski definition) is 1. The Balaban J connectivity index is 2.40. The number of ether oxygens (including phenoxy) is 1. The summed E-state index contributed by atoms with van der Waals surface area (Å²) in [4.78, 5) is 16.2. The van der Waals surface area contributed by atoms with E-state index >= 15 is 0 Å². The van der Waals surface area contributed by atoms with Gasteiger partial charge in [0, 0.05) is 39.3 Å². The third-order valence-corrected chi connectivity index (χ3v) is 3.43. The van der Waals surface area contributed by atoms with Crippen LogP contribution in [0.25, 0.3) is 0 Å². The smallest absolute Gasteiger partial charge is 0.312 e. The molecule has 0 amide bonds. The fourth-order valence-electron chi connectivity index (χ4n) is 2.55. The highest BCUT2D eigenvalue weighted by Gasteiger charge is 2.32. The molecule has 0 atom stereocenters. The minimum absolute atomic E-state index is 0.161. The van der Waals surface area contributed by atoms with Gasteiger partial charge in [-0.3, -0.25) is 14.6 Å². The lowest BCUT2D eigenvalue weighted by Gasteiger charge is -2.39. The highest BCUT2D eigenvalue weighted by molar-refractivity contribution is 5.76. The lowest BCUT2D eigenvalue weighted by atomic mass is 9.92. The van der Waals surface area contributed by atoms with E-state index in [9.17, 15) is 9.90 Å². The summed E-state index contributed by atoms with van der Waals surface area (Å²) in [6.45, 7) is 12.6. The second-order valence-corrected chi connectivity index (χ2v) is 6.74. The Morgan fingerprint density at radius 1 is 1.05 bits per heavy atom. The Hall–Kier alpha value is -0.650. The van der Waals surface area contributed by atoms with Crippen molar-refractivity contribution in [2.75, 3.05) is 46.4 Å². The monoisotopic (exact) mass is 272 g/mol. The summed E-state index contributed by atoms with van der Waals surface area (Å²) in [7, 11) is 1.44. The summed E-state index contributed by atoms with van der Waals surface area (Å²) in [6.07, 6.45) is 0. The molecule has 5 heteroatoms. The first-order chi connectivity index (χ1) is 8.64. The first-order valence-electron chi connectivity index (χ1n) is 6.89. The number of hydrogen-bond acceptors (Lipinski definition) is 5. The lowest BCUT2D eigenvalue weighted by molar-refractivity contribution is -0.152. The fourth-order valence-corrected chi connectivity index (χ4v) is 2.55. The van der Waals surface area contributed by atoms with Crippen LogP contribution in [-0.2, 0) is 9.53 Å². The van der Waals surface area contributed by atoms with Crippen LogP contribution in [0.3, 0.4) is 0 Å². The molecule has 1 rings (SSSR count). The largest absolute Gasteiger partial charge is 0.469 e. The molecule has 0 bridgehead atoms. The molecule has 0 unspecified atom stereocenters. The zero-order valence-electron chi connectivity index (χ0n) is 12.9. The van der Waals surface area contributed by atoms with Gasteiger partial charge in [0.25, 0.3) is 0 Å². The molecule has 0 aromatic heterocycles. The number of aliphatic hydroxyl groups is 1. The van der Waals surface area contributed by atoms with Gasteiger partial charge in [0.05, 0.1) is 18.1 Å². The van der Waals surface area contributed by atoms with Crippen LogP contribution in [0.4, 0.5) is 0 Å². The number of carbonyl (C=O) groups excluding carboxylic acids is 1. The van der Waals surface area contributed by atoms with Crippen LogP contribution in [0, 0.1) is 5.41 Å². The predicted octanol–water partition coefficient (Wildman–Crippen LogP) is 0.574. The van der Waals surface area contributed by atoms with E-state index in [1.807, 2.05) is 27.7 Å².